The Morgan fingerprint density at radius 3 is 2.62 bits per heavy atom. The smallest absolute Gasteiger partial charge is 0.229 e. The second-order valence-corrected chi connectivity index (χ2v) is 6.32. The Kier molecular flexibility index (Phi) is 4.16. The van der Waals surface area contributed by atoms with E-state index in [-0.39, 0.29) is 18.1 Å². The fourth-order valence-electron chi connectivity index (χ4n) is 3.63. The minimum atomic E-state index is -0.194. The van der Waals surface area contributed by atoms with Crippen LogP contribution in [0, 0.1) is 0 Å². The highest BCUT2D eigenvalue weighted by molar-refractivity contribution is 6.07. The fourth-order valence-corrected chi connectivity index (χ4v) is 3.63. The number of carbonyl (C=O) groups is 2. The molecule has 26 heavy (non-hydrogen) atoms. The molecule has 132 valence electrons. The zero-order valence-corrected chi connectivity index (χ0v) is 14.6. The number of ketones is 1. The molecule has 0 atom stereocenters. The van der Waals surface area contributed by atoms with E-state index in [2.05, 4.69) is 39.2 Å². The molecule has 1 aromatic carbocycles. The first-order chi connectivity index (χ1) is 12.7. The van der Waals surface area contributed by atoms with Gasteiger partial charge in [0.25, 0.3) is 0 Å². The molecule has 4 rings (SSSR count). The van der Waals surface area contributed by atoms with Crippen LogP contribution in [-0.2, 0) is 9.59 Å². The van der Waals surface area contributed by atoms with E-state index in [0.29, 0.717) is 24.2 Å². The Balaban J connectivity index is 1.67. The molecule has 0 saturated heterocycles. The van der Waals surface area contributed by atoms with Crippen LogP contribution < -0.4 is 15.1 Å². The van der Waals surface area contributed by atoms with Gasteiger partial charge in [0.2, 0.25) is 5.91 Å². The van der Waals surface area contributed by atoms with Crippen LogP contribution in [0.3, 0.4) is 0 Å². The summed E-state index contributed by atoms with van der Waals surface area (Å²) in [5.74, 6) is 0.711. The second-order valence-electron chi connectivity index (χ2n) is 6.32. The maximum atomic E-state index is 12.6. The van der Waals surface area contributed by atoms with Crippen molar-refractivity contribution < 1.29 is 9.59 Å². The zero-order valence-electron chi connectivity index (χ0n) is 14.6. The maximum absolute atomic E-state index is 12.6. The number of nitrogens with one attached hydrogen (secondary N) is 1. The minimum absolute atomic E-state index is 0.0485. The van der Waals surface area contributed by atoms with E-state index in [1.807, 2.05) is 12.1 Å². The molecule has 0 fully saturated rings. The first-order valence-electron chi connectivity index (χ1n) is 8.79. The molecule has 0 radical (unpaired) electrons. The average Bonchev–Trinajstić information content (AvgIpc) is 2.99. The number of hydrogen-bond donors (Lipinski definition) is 1. The number of Topliss-reactive ketones (excluding diaryl/α,β-unsaturated/α-hetero) is 1. The lowest BCUT2D eigenvalue weighted by Gasteiger charge is -2.31. The Morgan fingerprint density at radius 1 is 1.15 bits per heavy atom. The van der Waals surface area contributed by atoms with Crippen molar-refractivity contribution in [1.82, 2.24) is 4.98 Å². The summed E-state index contributed by atoms with van der Waals surface area (Å²) >= 11 is 0. The number of nitrogens with zero attached hydrogens (tertiary/aromatic N) is 3. The van der Waals surface area contributed by atoms with Crippen LogP contribution in [0.4, 0.5) is 17.1 Å². The SMILES string of the molecule is CCN1C2=C(CC(=O)Nc3ccncc3)C(=O)CCN2c2ccccc21. The monoisotopic (exact) mass is 348 g/mol. The van der Waals surface area contributed by atoms with Crippen molar-refractivity contribution in [2.24, 2.45) is 0 Å². The van der Waals surface area contributed by atoms with Gasteiger partial charge in [0.1, 0.15) is 5.82 Å². The van der Waals surface area contributed by atoms with Gasteiger partial charge in [-0.25, -0.2) is 0 Å². The van der Waals surface area contributed by atoms with Crippen molar-refractivity contribution in [2.75, 3.05) is 28.2 Å². The highest BCUT2D eigenvalue weighted by Crippen LogP contribution is 2.44. The molecule has 3 heterocycles. The molecular weight excluding hydrogens is 328 g/mol. The third kappa shape index (κ3) is 2.73. The van der Waals surface area contributed by atoms with Crippen molar-refractivity contribution in [2.45, 2.75) is 19.8 Å². The first kappa shape index (κ1) is 16.3. The summed E-state index contributed by atoms with van der Waals surface area (Å²) in [5, 5.41) is 2.84. The van der Waals surface area contributed by atoms with Crippen LogP contribution in [0.5, 0.6) is 0 Å². The number of fused-ring (bicyclic) bond motifs is 3. The second kappa shape index (κ2) is 6.63. The standard InChI is InChI=1S/C20H20N4O2/c1-2-23-16-5-3-4-6-17(16)24-12-9-18(25)15(20(23)24)13-19(26)22-14-7-10-21-11-8-14/h3-8,10-11H,2,9,12-13H2,1H3,(H,21,22,26). The van der Waals surface area contributed by atoms with Gasteiger partial charge in [0, 0.05) is 43.2 Å². The van der Waals surface area contributed by atoms with Crippen molar-refractivity contribution in [3.63, 3.8) is 0 Å². The lowest BCUT2D eigenvalue weighted by Crippen LogP contribution is -2.38. The van der Waals surface area contributed by atoms with E-state index >= 15 is 0 Å². The third-order valence-electron chi connectivity index (χ3n) is 4.76. The summed E-state index contributed by atoms with van der Waals surface area (Å²) in [5.41, 5.74) is 3.45. The lowest BCUT2D eigenvalue weighted by molar-refractivity contribution is -0.119. The van der Waals surface area contributed by atoms with Gasteiger partial charge in [-0.1, -0.05) is 12.1 Å². The highest BCUT2D eigenvalue weighted by Gasteiger charge is 2.38. The quantitative estimate of drug-likeness (QED) is 0.920. The van der Waals surface area contributed by atoms with Gasteiger partial charge in [-0.3, -0.25) is 14.6 Å². The highest BCUT2D eigenvalue weighted by atomic mass is 16.2. The summed E-state index contributed by atoms with van der Waals surface area (Å²) in [7, 11) is 0. The molecule has 2 aliphatic rings. The number of para-hydroxylation sites is 2. The number of anilines is 3. The molecule has 0 bridgehead atoms. The van der Waals surface area contributed by atoms with E-state index in [1.54, 1.807) is 24.5 Å². The Bertz CT molecular complexity index is 877. The molecule has 1 aromatic heterocycles. The van der Waals surface area contributed by atoms with Crippen LogP contribution in [-0.4, -0.2) is 29.8 Å². The van der Waals surface area contributed by atoms with Crippen molar-refractivity contribution >= 4 is 28.8 Å². The molecule has 2 aliphatic heterocycles. The molecule has 2 aromatic rings. The van der Waals surface area contributed by atoms with Gasteiger partial charge in [0.05, 0.1) is 17.8 Å². The summed E-state index contributed by atoms with van der Waals surface area (Å²) in [4.78, 5) is 33.4. The summed E-state index contributed by atoms with van der Waals surface area (Å²) in [6, 6.07) is 11.6. The van der Waals surface area contributed by atoms with E-state index in [4.69, 9.17) is 0 Å². The molecule has 1 amide bonds. The topological polar surface area (TPSA) is 65.5 Å². The van der Waals surface area contributed by atoms with E-state index in [0.717, 1.165) is 23.7 Å². The summed E-state index contributed by atoms with van der Waals surface area (Å²) < 4.78 is 0. The largest absolute Gasteiger partial charge is 0.326 e. The normalized spacial score (nSPS) is 15.8. The molecule has 6 heteroatoms. The Labute approximate surface area is 152 Å². The lowest BCUT2D eigenvalue weighted by atomic mass is 10.00. The van der Waals surface area contributed by atoms with Crippen LogP contribution in [0.1, 0.15) is 19.8 Å². The Morgan fingerprint density at radius 2 is 1.88 bits per heavy atom. The van der Waals surface area contributed by atoms with Gasteiger partial charge in [-0.05, 0) is 31.2 Å². The minimum Gasteiger partial charge on any atom is -0.326 e. The predicted octanol–water partition coefficient (Wildman–Crippen LogP) is 2.94. The third-order valence-corrected chi connectivity index (χ3v) is 4.76. The van der Waals surface area contributed by atoms with Crippen LogP contribution in [0.15, 0.2) is 60.2 Å². The summed E-state index contributed by atoms with van der Waals surface area (Å²) in [6.07, 6.45) is 3.74. The van der Waals surface area contributed by atoms with Gasteiger partial charge in [-0.2, -0.15) is 0 Å². The zero-order chi connectivity index (χ0) is 18.1. The van der Waals surface area contributed by atoms with Crippen LogP contribution in [0.2, 0.25) is 0 Å². The molecule has 1 N–H and O–H groups in total. The van der Waals surface area contributed by atoms with Crippen molar-refractivity contribution in [1.29, 1.82) is 0 Å². The number of carbonyl (C=O) groups excluding carboxylic acids is 2. The van der Waals surface area contributed by atoms with E-state index in [9.17, 15) is 9.59 Å². The average molecular weight is 348 g/mol. The van der Waals surface area contributed by atoms with Gasteiger partial charge >= 0.3 is 0 Å². The van der Waals surface area contributed by atoms with Crippen molar-refractivity contribution in [3.8, 4) is 0 Å². The number of pyridine rings is 1. The van der Waals surface area contributed by atoms with Gasteiger partial charge in [-0.15, -0.1) is 0 Å². The first-order valence-corrected chi connectivity index (χ1v) is 8.79. The number of benzene rings is 1. The number of rotatable bonds is 4. The van der Waals surface area contributed by atoms with Crippen LogP contribution >= 0.6 is 0 Å². The predicted molar refractivity (Wildman–Crippen MR) is 101 cm³/mol. The molecular formula is C20H20N4O2. The van der Waals surface area contributed by atoms with Gasteiger partial charge < -0.3 is 15.1 Å². The molecule has 0 spiro atoms. The van der Waals surface area contributed by atoms with Crippen LogP contribution in [0.25, 0.3) is 0 Å². The molecule has 0 aliphatic carbocycles. The summed E-state index contributed by atoms with van der Waals surface area (Å²) in [6.45, 7) is 3.45. The number of amides is 1. The fraction of sp³-hybridized carbons (Fsp3) is 0.250. The molecule has 0 saturated carbocycles. The number of hydrogen-bond acceptors (Lipinski definition) is 5. The van der Waals surface area contributed by atoms with E-state index < -0.39 is 0 Å². The number of aromatic nitrogens is 1. The van der Waals surface area contributed by atoms with Gasteiger partial charge in [0.15, 0.2) is 5.78 Å². The maximum Gasteiger partial charge on any atom is 0.229 e. The molecule has 6 nitrogen and oxygen atoms in total. The Hall–Kier alpha value is -3.15. The molecule has 0 unspecified atom stereocenters. The van der Waals surface area contributed by atoms with Crippen molar-refractivity contribution in [3.05, 3.63) is 60.2 Å². The van der Waals surface area contributed by atoms with E-state index in [1.165, 1.54) is 0 Å².